The van der Waals surface area contributed by atoms with Crippen LogP contribution in [0.4, 0.5) is 16.3 Å². The highest BCUT2D eigenvalue weighted by Crippen LogP contribution is 2.30. The highest BCUT2D eigenvalue weighted by Gasteiger charge is 2.34. The molecule has 0 aliphatic carbocycles. The normalized spacial score (nSPS) is 11.7. The van der Waals surface area contributed by atoms with E-state index in [1.807, 2.05) is 12.1 Å². The van der Waals surface area contributed by atoms with Gasteiger partial charge in [0.25, 0.3) is 0 Å². The van der Waals surface area contributed by atoms with Gasteiger partial charge < -0.3 is 16.4 Å². The molecule has 31 heavy (non-hydrogen) atoms. The van der Waals surface area contributed by atoms with Crippen LogP contribution < -0.4 is 16.4 Å². The van der Waals surface area contributed by atoms with Crippen molar-refractivity contribution in [1.82, 2.24) is 20.3 Å². The third-order valence-corrected chi connectivity index (χ3v) is 6.96. The van der Waals surface area contributed by atoms with E-state index in [1.165, 1.54) is 6.07 Å². The molecule has 0 saturated carbocycles. The average molecular weight is 441 g/mol. The Morgan fingerprint density at radius 1 is 1.06 bits per heavy atom. The molecule has 4 N–H and O–H groups in total. The van der Waals surface area contributed by atoms with Crippen LogP contribution in [-0.2, 0) is 21.1 Å². The molecular weight excluding hydrogens is 416 g/mol. The molecule has 0 bridgehead atoms. The second kappa shape index (κ2) is 8.68. The molecule has 3 aromatic rings. The van der Waals surface area contributed by atoms with Crippen molar-refractivity contribution in [3.63, 3.8) is 0 Å². The maximum atomic E-state index is 12.2. The van der Waals surface area contributed by atoms with Crippen LogP contribution in [0.25, 0.3) is 11.4 Å². The highest BCUT2D eigenvalue weighted by molar-refractivity contribution is 7.91. The second-order valence-corrected chi connectivity index (χ2v) is 10.1. The van der Waals surface area contributed by atoms with Gasteiger partial charge >= 0.3 is 6.03 Å². The largest absolute Gasteiger partial charge is 0.384 e. The third kappa shape index (κ3) is 5.34. The molecular formula is C21H24N6O3S. The van der Waals surface area contributed by atoms with E-state index in [-0.39, 0.29) is 11.8 Å². The molecule has 10 heteroatoms. The average Bonchev–Trinajstić information content (AvgIpc) is 2.72. The zero-order valence-corrected chi connectivity index (χ0v) is 18.3. The van der Waals surface area contributed by atoms with Gasteiger partial charge in [0.15, 0.2) is 15.7 Å². The molecule has 0 radical (unpaired) electrons. The fourth-order valence-corrected chi connectivity index (χ4v) is 3.14. The van der Waals surface area contributed by atoms with Crippen molar-refractivity contribution >= 4 is 27.4 Å². The highest BCUT2D eigenvalue weighted by atomic mass is 32.2. The summed E-state index contributed by atoms with van der Waals surface area (Å²) in [6, 6.07) is 11.6. The van der Waals surface area contributed by atoms with Gasteiger partial charge in [-0.3, -0.25) is 4.98 Å². The number of aromatic nitrogens is 3. The lowest BCUT2D eigenvalue weighted by Crippen LogP contribution is -2.29. The number of rotatable bonds is 6. The lowest BCUT2D eigenvalue weighted by atomic mass is 10.1. The molecule has 0 unspecified atom stereocenters. The zero-order valence-electron chi connectivity index (χ0n) is 17.5. The molecule has 0 atom stereocenters. The van der Waals surface area contributed by atoms with Gasteiger partial charge in [0, 0.05) is 42.5 Å². The summed E-state index contributed by atoms with van der Waals surface area (Å²) in [5, 5.41) is 5.51. The first-order chi connectivity index (χ1) is 14.6. The number of benzene rings is 1. The number of nitrogens with zero attached hydrogens (tertiary/aromatic N) is 3. The lowest BCUT2D eigenvalue weighted by Gasteiger charge is -2.22. The van der Waals surface area contributed by atoms with Crippen LogP contribution in [-0.4, -0.2) is 35.7 Å². The Balaban J connectivity index is 1.73. The molecule has 0 aliphatic heterocycles. The molecule has 3 rings (SSSR count). The molecule has 0 aliphatic rings. The number of nitrogens with one attached hydrogen (secondary N) is 2. The minimum atomic E-state index is -3.42. The van der Waals surface area contributed by atoms with E-state index in [9.17, 15) is 13.2 Å². The van der Waals surface area contributed by atoms with E-state index in [1.54, 1.807) is 50.5 Å². The summed E-state index contributed by atoms with van der Waals surface area (Å²) in [6.07, 6.45) is 4.48. The number of nitrogens with two attached hydrogens (primary N) is 1. The summed E-state index contributed by atoms with van der Waals surface area (Å²) in [5.41, 5.74) is 8.37. The minimum absolute atomic E-state index is 0.175. The Morgan fingerprint density at radius 3 is 2.32 bits per heavy atom. The molecule has 0 fully saturated rings. The molecule has 2 heterocycles. The number of hydrogen-bond donors (Lipinski definition) is 3. The predicted molar refractivity (Wildman–Crippen MR) is 120 cm³/mol. The van der Waals surface area contributed by atoms with Gasteiger partial charge in [-0.25, -0.2) is 23.2 Å². The maximum absolute atomic E-state index is 12.2. The van der Waals surface area contributed by atoms with E-state index >= 15 is 0 Å². The predicted octanol–water partition coefficient (Wildman–Crippen LogP) is 2.72. The van der Waals surface area contributed by atoms with Crippen LogP contribution in [0.5, 0.6) is 0 Å². The van der Waals surface area contributed by atoms with E-state index in [4.69, 9.17) is 5.73 Å². The Labute approximate surface area is 181 Å². The number of hydrogen-bond acceptors (Lipinski definition) is 7. The van der Waals surface area contributed by atoms with Crippen LogP contribution in [0.15, 0.2) is 54.9 Å². The zero-order chi connectivity index (χ0) is 22.6. The number of anilines is 2. The summed E-state index contributed by atoms with van der Waals surface area (Å²) in [4.78, 5) is 24.7. The SMILES string of the molecule is CC(C)(c1cc(N)nc(-c2ccc(NC(=O)NCc3ccncc3)cc2)n1)S(C)(=O)=O. The van der Waals surface area contributed by atoms with Crippen molar-refractivity contribution in [3.05, 3.63) is 66.1 Å². The number of sulfone groups is 1. The number of urea groups is 1. The number of amides is 2. The van der Waals surface area contributed by atoms with Crippen LogP contribution in [0, 0.1) is 0 Å². The maximum Gasteiger partial charge on any atom is 0.319 e. The number of pyridine rings is 1. The molecule has 162 valence electrons. The van der Waals surface area contributed by atoms with Crippen molar-refractivity contribution in [3.8, 4) is 11.4 Å². The van der Waals surface area contributed by atoms with Gasteiger partial charge in [0.05, 0.1) is 5.69 Å². The monoisotopic (exact) mass is 440 g/mol. The van der Waals surface area contributed by atoms with Crippen molar-refractivity contribution in [2.24, 2.45) is 0 Å². The topological polar surface area (TPSA) is 140 Å². The fourth-order valence-electron chi connectivity index (χ4n) is 2.65. The van der Waals surface area contributed by atoms with Crippen LogP contribution in [0.1, 0.15) is 25.1 Å². The van der Waals surface area contributed by atoms with Crippen LogP contribution in [0.3, 0.4) is 0 Å². The summed E-state index contributed by atoms with van der Waals surface area (Å²) in [5.74, 6) is 0.481. The summed E-state index contributed by atoms with van der Waals surface area (Å²) in [6.45, 7) is 3.53. The summed E-state index contributed by atoms with van der Waals surface area (Å²) < 4.78 is 23.1. The van der Waals surface area contributed by atoms with Crippen LogP contribution in [0.2, 0.25) is 0 Å². The Morgan fingerprint density at radius 2 is 1.71 bits per heavy atom. The van der Waals surface area contributed by atoms with Gasteiger partial charge in [-0.05, 0) is 55.8 Å². The van der Waals surface area contributed by atoms with Gasteiger partial charge in [0.2, 0.25) is 0 Å². The summed E-state index contributed by atoms with van der Waals surface area (Å²) >= 11 is 0. The van der Waals surface area contributed by atoms with E-state index in [0.29, 0.717) is 29.3 Å². The molecule has 1 aromatic carbocycles. The standard InChI is InChI=1S/C21H24N6O3S/c1-21(2,31(3,29)30)17-12-18(22)27-19(26-17)15-4-6-16(7-5-15)25-20(28)24-13-14-8-10-23-11-9-14/h4-12H,13H2,1-3H3,(H2,22,26,27)(H2,24,25,28). The minimum Gasteiger partial charge on any atom is -0.384 e. The van der Waals surface area contributed by atoms with E-state index < -0.39 is 14.6 Å². The first-order valence-electron chi connectivity index (χ1n) is 9.45. The van der Waals surface area contributed by atoms with E-state index in [2.05, 4.69) is 25.6 Å². The Kier molecular flexibility index (Phi) is 6.21. The smallest absolute Gasteiger partial charge is 0.319 e. The van der Waals surface area contributed by atoms with Gasteiger partial charge in [-0.15, -0.1) is 0 Å². The van der Waals surface area contributed by atoms with Crippen molar-refractivity contribution in [2.75, 3.05) is 17.3 Å². The van der Waals surface area contributed by atoms with Crippen LogP contribution >= 0.6 is 0 Å². The molecule has 9 nitrogen and oxygen atoms in total. The van der Waals surface area contributed by atoms with Gasteiger partial charge in [-0.1, -0.05) is 0 Å². The first-order valence-corrected chi connectivity index (χ1v) is 11.3. The van der Waals surface area contributed by atoms with Crippen molar-refractivity contribution in [1.29, 1.82) is 0 Å². The quantitative estimate of drug-likeness (QED) is 0.535. The first kappa shape index (κ1) is 22.2. The van der Waals surface area contributed by atoms with Crippen molar-refractivity contribution in [2.45, 2.75) is 25.1 Å². The Bertz CT molecular complexity index is 1180. The third-order valence-electron chi connectivity index (χ3n) is 4.89. The Hall–Kier alpha value is -3.53. The number of nitrogen functional groups attached to an aromatic ring is 1. The van der Waals surface area contributed by atoms with Gasteiger partial charge in [0.1, 0.15) is 10.6 Å². The number of carbonyl (C=O) groups excluding carboxylic acids is 1. The molecule has 2 amide bonds. The van der Waals surface area contributed by atoms with E-state index in [0.717, 1.165) is 11.8 Å². The van der Waals surface area contributed by atoms with Gasteiger partial charge in [-0.2, -0.15) is 0 Å². The number of carbonyl (C=O) groups is 1. The summed E-state index contributed by atoms with van der Waals surface area (Å²) in [7, 11) is -3.42. The lowest BCUT2D eigenvalue weighted by molar-refractivity contribution is 0.251. The fraction of sp³-hybridized carbons (Fsp3) is 0.238. The van der Waals surface area contributed by atoms with Crippen molar-refractivity contribution < 1.29 is 13.2 Å². The molecule has 0 saturated heterocycles. The second-order valence-electron chi connectivity index (χ2n) is 7.52. The molecule has 0 spiro atoms. The molecule has 2 aromatic heterocycles.